The van der Waals surface area contributed by atoms with Gasteiger partial charge in [-0.3, -0.25) is 14.5 Å². The first-order valence-corrected chi connectivity index (χ1v) is 12.7. The van der Waals surface area contributed by atoms with Crippen molar-refractivity contribution in [3.8, 4) is 11.1 Å². The summed E-state index contributed by atoms with van der Waals surface area (Å²) in [6.45, 7) is 6.06. The minimum Gasteiger partial charge on any atom is -0.303 e. The smallest absolute Gasteiger partial charge is 0.233 e. The largest absolute Gasteiger partial charge is 0.303 e. The number of hydrogen-bond acceptors (Lipinski definition) is 5. The molecule has 0 saturated heterocycles. The summed E-state index contributed by atoms with van der Waals surface area (Å²) in [7, 11) is -3.54. The fourth-order valence-electron chi connectivity index (χ4n) is 3.87. The van der Waals surface area contributed by atoms with E-state index in [1.807, 2.05) is 62.4 Å². The fraction of sp³-hybridized carbons (Fsp3) is 0.231. The Bertz CT molecular complexity index is 1450. The number of pyridine rings is 1. The molecule has 0 atom stereocenters. The van der Waals surface area contributed by atoms with Gasteiger partial charge in [-0.05, 0) is 48.3 Å². The molecule has 6 nitrogen and oxygen atoms in total. The molecule has 0 unspecified atom stereocenters. The standard InChI is InChI=1S/C26H27N3O3S/c1-3-29(4-2)14-15-33(31,32)28-22-12-10-20-11-13-25-24(26(30)23(20)17-22)16-21(18-27-25)19-8-6-5-7-9-19/h5-13,16-18,28H,3-4,14-15H2,1-2H3. The summed E-state index contributed by atoms with van der Waals surface area (Å²) in [6.07, 6.45) is 1.76. The number of aromatic nitrogens is 1. The Balaban J connectivity index is 1.74. The second kappa shape index (κ2) is 9.68. The Morgan fingerprint density at radius 3 is 2.33 bits per heavy atom. The highest BCUT2D eigenvalue weighted by molar-refractivity contribution is 7.92. The van der Waals surface area contributed by atoms with Gasteiger partial charge in [0.2, 0.25) is 10.0 Å². The molecule has 0 bridgehead atoms. The van der Waals surface area contributed by atoms with Crippen molar-refractivity contribution in [1.82, 2.24) is 9.88 Å². The third-order valence-corrected chi connectivity index (χ3v) is 7.10. The van der Waals surface area contributed by atoms with Gasteiger partial charge in [0.25, 0.3) is 0 Å². The highest BCUT2D eigenvalue weighted by Crippen LogP contribution is 2.23. The van der Waals surface area contributed by atoms with E-state index < -0.39 is 10.0 Å². The number of anilines is 1. The van der Waals surface area contributed by atoms with Gasteiger partial charge in [0.05, 0.1) is 11.3 Å². The topological polar surface area (TPSA) is 79.4 Å². The number of sulfonamides is 1. The van der Waals surface area contributed by atoms with E-state index >= 15 is 0 Å². The zero-order valence-corrected chi connectivity index (χ0v) is 19.6. The average molecular weight is 462 g/mol. The highest BCUT2D eigenvalue weighted by atomic mass is 32.2. The molecule has 0 saturated carbocycles. The number of hydrogen-bond donors (Lipinski definition) is 1. The van der Waals surface area contributed by atoms with Crippen molar-refractivity contribution >= 4 is 37.4 Å². The molecular formula is C26H27N3O3S. The van der Waals surface area contributed by atoms with E-state index in [-0.39, 0.29) is 11.2 Å². The normalized spacial score (nSPS) is 11.8. The predicted molar refractivity (Wildman–Crippen MR) is 136 cm³/mol. The van der Waals surface area contributed by atoms with Crippen LogP contribution in [0.5, 0.6) is 0 Å². The summed E-state index contributed by atoms with van der Waals surface area (Å²) < 4.78 is 27.8. The molecular weight excluding hydrogens is 434 g/mol. The first-order chi connectivity index (χ1) is 15.9. The molecule has 4 rings (SSSR count). The van der Waals surface area contributed by atoms with E-state index in [1.54, 1.807) is 24.4 Å². The SMILES string of the molecule is CCN(CC)CCS(=O)(=O)Nc1ccc2ccc3ncc(-c4ccccc4)cc3c(=O)c2c1. The van der Waals surface area contributed by atoms with E-state index in [4.69, 9.17) is 0 Å². The molecule has 3 aromatic carbocycles. The van der Waals surface area contributed by atoms with Crippen LogP contribution in [0.2, 0.25) is 0 Å². The van der Waals surface area contributed by atoms with Crippen LogP contribution < -0.4 is 10.2 Å². The molecule has 4 aromatic rings. The Labute approximate surface area is 194 Å². The van der Waals surface area contributed by atoms with Crippen LogP contribution in [0.15, 0.2) is 77.7 Å². The zero-order valence-electron chi connectivity index (χ0n) is 18.8. The van der Waals surface area contributed by atoms with E-state index in [0.717, 1.165) is 29.6 Å². The molecule has 7 heteroatoms. The Hall–Kier alpha value is -3.29. The summed E-state index contributed by atoms with van der Waals surface area (Å²) >= 11 is 0. The first kappa shape index (κ1) is 22.9. The van der Waals surface area contributed by atoms with Gasteiger partial charge in [-0.25, -0.2) is 8.42 Å². The third-order valence-electron chi connectivity index (χ3n) is 5.83. The molecule has 1 heterocycles. The summed E-state index contributed by atoms with van der Waals surface area (Å²) in [5.74, 6) is -0.00714. The van der Waals surface area contributed by atoms with E-state index in [2.05, 4.69) is 14.6 Å². The molecule has 0 fully saturated rings. The van der Waals surface area contributed by atoms with Crippen LogP contribution in [0, 0.1) is 0 Å². The lowest BCUT2D eigenvalue weighted by Gasteiger charge is -2.18. The van der Waals surface area contributed by atoms with Crippen LogP contribution in [0.25, 0.3) is 32.8 Å². The molecule has 33 heavy (non-hydrogen) atoms. The van der Waals surface area contributed by atoms with Gasteiger partial charge >= 0.3 is 0 Å². The van der Waals surface area contributed by atoms with Crippen LogP contribution in [-0.4, -0.2) is 43.7 Å². The van der Waals surface area contributed by atoms with Gasteiger partial charge in [0.15, 0.2) is 5.43 Å². The molecule has 0 amide bonds. The predicted octanol–water partition coefficient (Wildman–Crippen LogP) is 4.50. The molecule has 0 aliphatic heterocycles. The number of fused-ring (bicyclic) bond motifs is 2. The van der Waals surface area contributed by atoms with Crippen molar-refractivity contribution in [1.29, 1.82) is 0 Å². The lowest BCUT2D eigenvalue weighted by Crippen LogP contribution is -2.31. The summed E-state index contributed by atoms with van der Waals surface area (Å²) in [5.41, 5.74) is 2.62. The molecule has 0 aliphatic carbocycles. The van der Waals surface area contributed by atoms with Crippen molar-refractivity contribution in [2.75, 3.05) is 30.1 Å². The van der Waals surface area contributed by atoms with E-state index in [9.17, 15) is 13.2 Å². The van der Waals surface area contributed by atoms with Crippen LogP contribution in [-0.2, 0) is 10.0 Å². The van der Waals surface area contributed by atoms with Crippen LogP contribution in [0.3, 0.4) is 0 Å². The average Bonchev–Trinajstić information content (AvgIpc) is 2.96. The molecule has 0 radical (unpaired) electrons. The monoisotopic (exact) mass is 461 g/mol. The lowest BCUT2D eigenvalue weighted by molar-refractivity contribution is 0.322. The quantitative estimate of drug-likeness (QED) is 0.418. The van der Waals surface area contributed by atoms with Crippen molar-refractivity contribution in [2.45, 2.75) is 13.8 Å². The van der Waals surface area contributed by atoms with E-state index in [1.165, 1.54) is 0 Å². The summed E-state index contributed by atoms with van der Waals surface area (Å²) in [4.78, 5) is 20.0. The molecule has 1 aromatic heterocycles. The van der Waals surface area contributed by atoms with E-state index in [0.29, 0.717) is 28.5 Å². The van der Waals surface area contributed by atoms with Crippen molar-refractivity contribution < 1.29 is 8.42 Å². The molecule has 1 N–H and O–H groups in total. The minimum absolute atomic E-state index is 0.00714. The van der Waals surface area contributed by atoms with Crippen molar-refractivity contribution in [3.63, 3.8) is 0 Å². The van der Waals surface area contributed by atoms with Crippen molar-refractivity contribution in [2.24, 2.45) is 0 Å². The second-order valence-corrected chi connectivity index (χ2v) is 9.78. The van der Waals surface area contributed by atoms with Gasteiger partial charge in [-0.1, -0.05) is 56.3 Å². The number of benzene rings is 2. The molecule has 0 aliphatic rings. The highest BCUT2D eigenvalue weighted by Gasteiger charge is 2.14. The van der Waals surface area contributed by atoms with Crippen LogP contribution >= 0.6 is 0 Å². The van der Waals surface area contributed by atoms with Gasteiger partial charge in [-0.15, -0.1) is 0 Å². The van der Waals surface area contributed by atoms with Crippen LogP contribution in [0.4, 0.5) is 5.69 Å². The maximum absolute atomic E-state index is 13.5. The summed E-state index contributed by atoms with van der Waals surface area (Å²) in [5, 5.41) is 1.67. The minimum atomic E-state index is -3.54. The maximum Gasteiger partial charge on any atom is 0.233 e. The second-order valence-electron chi connectivity index (χ2n) is 7.94. The van der Waals surface area contributed by atoms with Gasteiger partial charge < -0.3 is 4.90 Å². The third kappa shape index (κ3) is 5.21. The molecule has 170 valence electrons. The van der Waals surface area contributed by atoms with Gasteiger partial charge in [-0.2, -0.15) is 0 Å². The lowest BCUT2D eigenvalue weighted by atomic mass is 10.1. The van der Waals surface area contributed by atoms with Crippen LogP contribution in [0.1, 0.15) is 13.8 Å². The number of nitrogens with one attached hydrogen (secondary N) is 1. The number of rotatable bonds is 8. The Morgan fingerprint density at radius 1 is 0.879 bits per heavy atom. The number of nitrogens with zero attached hydrogens (tertiary/aromatic N) is 2. The van der Waals surface area contributed by atoms with Crippen molar-refractivity contribution in [3.05, 3.63) is 83.2 Å². The zero-order chi connectivity index (χ0) is 23.4. The maximum atomic E-state index is 13.5. The fourth-order valence-corrected chi connectivity index (χ4v) is 4.96. The summed E-state index contributed by atoms with van der Waals surface area (Å²) in [6, 6.07) is 20.3. The van der Waals surface area contributed by atoms with Gasteiger partial charge in [0, 0.05) is 34.8 Å². The van der Waals surface area contributed by atoms with Gasteiger partial charge in [0.1, 0.15) is 0 Å². The first-order valence-electron chi connectivity index (χ1n) is 11.1. The molecule has 0 spiro atoms. The Kier molecular flexibility index (Phi) is 6.72. The Morgan fingerprint density at radius 2 is 1.61 bits per heavy atom.